The summed E-state index contributed by atoms with van der Waals surface area (Å²) in [6.45, 7) is 0.899. The van der Waals surface area contributed by atoms with Gasteiger partial charge in [-0.05, 0) is 12.0 Å². The fourth-order valence-corrected chi connectivity index (χ4v) is 4.75. The molecule has 23 heavy (non-hydrogen) atoms. The summed E-state index contributed by atoms with van der Waals surface area (Å²) < 4.78 is 2.15. The third-order valence-corrected chi connectivity index (χ3v) is 5.88. The number of imidazole rings is 1. The minimum absolute atomic E-state index is 0.100. The van der Waals surface area contributed by atoms with Crippen LogP contribution in [0.2, 0.25) is 0 Å². The molecule has 1 aromatic heterocycles. The first-order valence-electron chi connectivity index (χ1n) is 7.88. The summed E-state index contributed by atoms with van der Waals surface area (Å²) in [5, 5.41) is 19.8. The molecule has 6 heteroatoms. The molecule has 3 aliphatic rings. The second kappa shape index (κ2) is 4.14. The van der Waals surface area contributed by atoms with Crippen molar-refractivity contribution in [3.8, 4) is 11.3 Å². The zero-order chi connectivity index (χ0) is 15.8. The summed E-state index contributed by atoms with van der Waals surface area (Å²) in [4.78, 5) is 16.6. The molecule has 0 radical (unpaired) electrons. The van der Waals surface area contributed by atoms with Gasteiger partial charge in [-0.1, -0.05) is 24.3 Å². The molecule has 3 heterocycles. The van der Waals surface area contributed by atoms with Gasteiger partial charge in [0.2, 0.25) is 0 Å². The molecule has 0 bridgehead atoms. The molecule has 118 valence electrons. The Hall–Kier alpha value is -2.34. The highest BCUT2D eigenvalue weighted by Crippen LogP contribution is 2.59. The lowest BCUT2D eigenvalue weighted by Crippen LogP contribution is -2.71. The molecule has 5 rings (SSSR count). The van der Waals surface area contributed by atoms with Crippen molar-refractivity contribution in [2.75, 3.05) is 13.1 Å². The van der Waals surface area contributed by atoms with Crippen molar-refractivity contribution in [2.45, 2.75) is 18.6 Å². The van der Waals surface area contributed by atoms with Crippen LogP contribution in [0.4, 0.5) is 4.79 Å². The highest BCUT2D eigenvalue weighted by Gasteiger charge is 2.63. The number of fused-ring (bicyclic) bond motifs is 3. The lowest BCUT2D eigenvalue weighted by atomic mass is 9.53. The molecule has 1 saturated carbocycles. The first-order valence-corrected chi connectivity index (χ1v) is 7.88. The number of likely N-dealkylation sites (tertiary alicyclic amines) is 1. The summed E-state index contributed by atoms with van der Waals surface area (Å²) in [5.41, 5.74) is 3.28. The van der Waals surface area contributed by atoms with E-state index in [-0.39, 0.29) is 17.4 Å². The average molecular weight is 311 g/mol. The van der Waals surface area contributed by atoms with Crippen LogP contribution in [-0.2, 0) is 0 Å². The highest BCUT2D eigenvalue weighted by molar-refractivity contribution is 5.69. The van der Waals surface area contributed by atoms with Crippen LogP contribution in [0.15, 0.2) is 36.8 Å². The second-order valence-electron chi connectivity index (χ2n) is 7.03. The van der Waals surface area contributed by atoms with E-state index < -0.39 is 12.2 Å². The van der Waals surface area contributed by atoms with E-state index in [1.807, 2.05) is 24.7 Å². The monoisotopic (exact) mass is 311 g/mol. The van der Waals surface area contributed by atoms with Crippen LogP contribution in [0.25, 0.3) is 11.3 Å². The predicted molar refractivity (Wildman–Crippen MR) is 81.9 cm³/mol. The molecule has 1 aliphatic carbocycles. The van der Waals surface area contributed by atoms with Gasteiger partial charge in [0.15, 0.2) is 0 Å². The highest BCUT2D eigenvalue weighted by atomic mass is 16.4. The molecule has 1 spiro atoms. The number of nitrogens with zero attached hydrogens (tertiary/aromatic N) is 3. The standard InChI is InChI=1S/C17H17N3O3/c21-15-12(5-17(15)7-19(8-17)16(22)23)14-11-4-2-1-3-10(11)13-6-18-9-20(13)14/h1-4,6,9,12,14-15,21H,5,7-8H2,(H,22,23)/t12-,14-,15+/m0/s1. The van der Waals surface area contributed by atoms with Gasteiger partial charge in [-0.2, -0.15) is 0 Å². The van der Waals surface area contributed by atoms with E-state index in [0.29, 0.717) is 13.1 Å². The van der Waals surface area contributed by atoms with Gasteiger partial charge in [-0.15, -0.1) is 0 Å². The number of aromatic nitrogens is 2. The minimum Gasteiger partial charge on any atom is -0.465 e. The molecule has 2 aromatic rings. The Balaban J connectivity index is 1.45. The molecular weight excluding hydrogens is 294 g/mol. The van der Waals surface area contributed by atoms with E-state index in [1.54, 1.807) is 0 Å². The normalized spacial score (nSPS) is 29.6. The van der Waals surface area contributed by atoms with Gasteiger partial charge >= 0.3 is 6.09 Å². The lowest BCUT2D eigenvalue weighted by Gasteiger charge is -2.62. The molecule has 2 aliphatic heterocycles. The quantitative estimate of drug-likeness (QED) is 0.842. The Kier molecular flexibility index (Phi) is 2.36. The summed E-state index contributed by atoms with van der Waals surface area (Å²) in [5.74, 6) is 0.113. The van der Waals surface area contributed by atoms with Crippen LogP contribution >= 0.6 is 0 Å². The number of benzene rings is 1. The summed E-state index contributed by atoms with van der Waals surface area (Å²) in [6.07, 6.45) is 3.20. The molecule has 1 aromatic carbocycles. The summed E-state index contributed by atoms with van der Waals surface area (Å²) in [7, 11) is 0. The molecule has 1 saturated heterocycles. The molecule has 3 atom stereocenters. The van der Waals surface area contributed by atoms with Crippen molar-refractivity contribution < 1.29 is 15.0 Å². The number of amides is 1. The third-order valence-electron chi connectivity index (χ3n) is 5.88. The van der Waals surface area contributed by atoms with E-state index in [0.717, 1.165) is 12.1 Å². The lowest BCUT2D eigenvalue weighted by molar-refractivity contribution is -0.194. The zero-order valence-electron chi connectivity index (χ0n) is 12.5. The minimum atomic E-state index is -0.894. The van der Waals surface area contributed by atoms with Crippen molar-refractivity contribution in [2.24, 2.45) is 11.3 Å². The van der Waals surface area contributed by atoms with Crippen molar-refractivity contribution >= 4 is 6.09 Å². The number of rotatable bonds is 1. The maximum Gasteiger partial charge on any atom is 0.407 e. The maximum absolute atomic E-state index is 11.0. The van der Waals surface area contributed by atoms with E-state index in [2.05, 4.69) is 21.7 Å². The number of hydrogen-bond donors (Lipinski definition) is 2. The van der Waals surface area contributed by atoms with Crippen molar-refractivity contribution in [1.82, 2.24) is 14.5 Å². The number of aliphatic hydroxyl groups excluding tert-OH is 1. The summed E-state index contributed by atoms with van der Waals surface area (Å²) >= 11 is 0. The Labute approximate surface area is 133 Å². The predicted octanol–water partition coefficient (Wildman–Crippen LogP) is 1.81. The second-order valence-corrected chi connectivity index (χ2v) is 7.03. The first-order chi connectivity index (χ1) is 11.1. The molecule has 6 nitrogen and oxygen atoms in total. The van der Waals surface area contributed by atoms with E-state index in [9.17, 15) is 9.90 Å². The van der Waals surface area contributed by atoms with Crippen LogP contribution in [0.5, 0.6) is 0 Å². The van der Waals surface area contributed by atoms with E-state index >= 15 is 0 Å². The number of aliphatic hydroxyl groups is 1. The third kappa shape index (κ3) is 1.51. The summed E-state index contributed by atoms with van der Waals surface area (Å²) in [6, 6.07) is 8.37. The van der Waals surface area contributed by atoms with Crippen LogP contribution < -0.4 is 0 Å². The van der Waals surface area contributed by atoms with Gasteiger partial charge in [-0.25, -0.2) is 9.78 Å². The smallest absolute Gasteiger partial charge is 0.407 e. The van der Waals surface area contributed by atoms with Crippen molar-refractivity contribution in [3.63, 3.8) is 0 Å². The van der Waals surface area contributed by atoms with Crippen molar-refractivity contribution in [3.05, 3.63) is 42.4 Å². The van der Waals surface area contributed by atoms with Crippen LogP contribution in [0, 0.1) is 11.3 Å². The Morgan fingerprint density at radius 2 is 2.09 bits per heavy atom. The Bertz CT molecular complexity index is 809. The molecular formula is C17H17N3O3. The number of carboxylic acid groups (broad SMARTS) is 1. The van der Waals surface area contributed by atoms with Crippen LogP contribution in [0.1, 0.15) is 18.0 Å². The molecule has 2 N–H and O–H groups in total. The fraction of sp³-hybridized carbons (Fsp3) is 0.412. The Morgan fingerprint density at radius 1 is 1.30 bits per heavy atom. The number of hydrogen-bond acceptors (Lipinski definition) is 3. The van der Waals surface area contributed by atoms with Gasteiger partial charge < -0.3 is 19.7 Å². The van der Waals surface area contributed by atoms with Gasteiger partial charge in [0, 0.05) is 30.0 Å². The van der Waals surface area contributed by atoms with E-state index in [1.165, 1.54) is 16.0 Å². The van der Waals surface area contributed by atoms with Gasteiger partial charge in [0.25, 0.3) is 0 Å². The number of carbonyl (C=O) groups is 1. The van der Waals surface area contributed by atoms with Gasteiger partial charge in [-0.3, -0.25) is 0 Å². The molecule has 0 unspecified atom stereocenters. The fourth-order valence-electron chi connectivity index (χ4n) is 4.75. The molecule has 1 amide bonds. The SMILES string of the molecule is O=C(O)N1CC2(C[C@@H]([C@@H]3c4ccccc4-c4cncn43)[C@H]2O)C1. The van der Waals surface area contributed by atoms with Gasteiger partial charge in [0.1, 0.15) is 0 Å². The topological polar surface area (TPSA) is 78.6 Å². The maximum atomic E-state index is 11.0. The van der Waals surface area contributed by atoms with Gasteiger partial charge in [0.05, 0.1) is 30.4 Å². The van der Waals surface area contributed by atoms with E-state index in [4.69, 9.17) is 5.11 Å². The van der Waals surface area contributed by atoms with Crippen LogP contribution in [0.3, 0.4) is 0 Å². The average Bonchev–Trinajstić information content (AvgIpc) is 3.06. The Morgan fingerprint density at radius 3 is 2.83 bits per heavy atom. The van der Waals surface area contributed by atoms with Crippen molar-refractivity contribution in [1.29, 1.82) is 0 Å². The van der Waals surface area contributed by atoms with Crippen LogP contribution in [-0.4, -0.2) is 50.0 Å². The largest absolute Gasteiger partial charge is 0.465 e. The first kappa shape index (κ1) is 13.1. The zero-order valence-corrected chi connectivity index (χ0v) is 12.5. The molecule has 2 fully saturated rings.